The first-order chi connectivity index (χ1) is 23.7. The van der Waals surface area contributed by atoms with Gasteiger partial charge in [0, 0.05) is 45.3 Å². The highest BCUT2D eigenvalue weighted by Gasteiger charge is 2.17. The van der Waals surface area contributed by atoms with E-state index in [9.17, 15) is 0 Å². The van der Waals surface area contributed by atoms with Crippen LogP contribution in [0.3, 0.4) is 0 Å². The SMILES string of the molecule is C=C(/C=C\C(C)N)C(N)C/C=C\Cc1ccc2c3ccc4cc(C5=CC=CC(/C(C)=C/C=C(/C)N)N5)ccc4c3n(-c3ccccc3)c2c1. The van der Waals surface area contributed by atoms with Crippen LogP contribution in [0.25, 0.3) is 44.0 Å². The van der Waals surface area contributed by atoms with Gasteiger partial charge in [-0.1, -0.05) is 104 Å². The van der Waals surface area contributed by atoms with E-state index in [-0.39, 0.29) is 18.1 Å². The third kappa shape index (κ3) is 7.54. The molecule has 1 aliphatic heterocycles. The number of para-hydroxylation sites is 1. The van der Waals surface area contributed by atoms with Gasteiger partial charge in [-0.25, -0.2) is 0 Å². The lowest BCUT2D eigenvalue weighted by Gasteiger charge is -2.23. The number of dihydropyridines is 1. The summed E-state index contributed by atoms with van der Waals surface area (Å²) in [6.07, 6.45) is 20.3. The van der Waals surface area contributed by atoms with Crippen LogP contribution in [0.5, 0.6) is 0 Å². The summed E-state index contributed by atoms with van der Waals surface area (Å²) < 4.78 is 2.42. The Hall–Kier alpha value is -5.36. The molecule has 4 aromatic carbocycles. The van der Waals surface area contributed by atoms with Gasteiger partial charge in [0.15, 0.2) is 0 Å². The molecule has 7 N–H and O–H groups in total. The van der Waals surface area contributed by atoms with Gasteiger partial charge < -0.3 is 27.1 Å². The van der Waals surface area contributed by atoms with E-state index in [1.165, 1.54) is 43.7 Å². The number of rotatable bonds is 11. The van der Waals surface area contributed by atoms with Crippen molar-refractivity contribution in [2.45, 2.75) is 51.7 Å². The number of allylic oxidation sites excluding steroid dienone is 6. The minimum absolute atomic E-state index is 0.0136. The van der Waals surface area contributed by atoms with Crippen molar-refractivity contribution in [2.24, 2.45) is 17.2 Å². The fourth-order valence-corrected chi connectivity index (χ4v) is 6.37. The summed E-state index contributed by atoms with van der Waals surface area (Å²) in [4.78, 5) is 0. The van der Waals surface area contributed by atoms with Crippen LogP contribution in [0.1, 0.15) is 38.3 Å². The lowest BCUT2D eigenvalue weighted by Crippen LogP contribution is -2.28. The average Bonchev–Trinajstić information content (AvgIpc) is 3.45. The molecule has 0 amide bonds. The van der Waals surface area contributed by atoms with Gasteiger partial charge in [-0.3, -0.25) is 0 Å². The molecule has 5 aromatic rings. The Morgan fingerprint density at radius 2 is 1.69 bits per heavy atom. The van der Waals surface area contributed by atoms with E-state index >= 15 is 0 Å². The van der Waals surface area contributed by atoms with Crippen molar-refractivity contribution in [2.75, 3.05) is 0 Å². The van der Waals surface area contributed by atoms with Crippen LogP contribution in [0.2, 0.25) is 0 Å². The molecule has 5 heteroatoms. The molecule has 2 heterocycles. The molecule has 0 fully saturated rings. The summed E-state index contributed by atoms with van der Waals surface area (Å²) in [5.41, 5.74) is 28.0. The summed E-state index contributed by atoms with van der Waals surface area (Å²) in [5, 5.41) is 8.61. The first-order valence-corrected chi connectivity index (χ1v) is 17.0. The molecule has 0 radical (unpaired) electrons. The molecule has 3 atom stereocenters. The second kappa shape index (κ2) is 14.8. The van der Waals surface area contributed by atoms with E-state index in [2.05, 4.69) is 139 Å². The molecule has 6 rings (SSSR count). The molecular formula is C44H47N5. The summed E-state index contributed by atoms with van der Waals surface area (Å²) in [6, 6.07) is 28.8. The van der Waals surface area contributed by atoms with Gasteiger partial charge in [0.25, 0.3) is 0 Å². The summed E-state index contributed by atoms with van der Waals surface area (Å²) in [5.74, 6) is 0. The Morgan fingerprint density at radius 3 is 2.47 bits per heavy atom. The van der Waals surface area contributed by atoms with E-state index in [0.717, 1.165) is 41.1 Å². The maximum atomic E-state index is 6.36. The highest BCUT2D eigenvalue weighted by atomic mass is 15.0. The number of aromatic nitrogens is 1. The second-order valence-corrected chi connectivity index (χ2v) is 13.1. The fourth-order valence-electron chi connectivity index (χ4n) is 6.37. The Balaban J connectivity index is 1.34. The quantitative estimate of drug-likeness (QED) is 0.0852. The highest BCUT2D eigenvalue weighted by Crippen LogP contribution is 2.38. The Kier molecular flexibility index (Phi) is 10.1. The molecule has 5 nitrogen and oxygen atoms in total. The van der Waals surface area contributed by atoms with Crippen molar-refractivity contribution in [3.63, 3.8) is 0 Å². The van der Waals surface area contributed by atoms with Crippen molar-refractivity contribution in [1.82, 2.24) is 9.88 Å². The summed E-state index contributed by atoms with van der Waals surface area (Å²) >= 11 is 0. The lowest BCUT2D eigenvalue weighted by molar-refractivity contribution is 0.800. The van der Waals surface area contributed by atoms with Crippen LogP contribution < -0.4 is 22.5 Å². The fraction of sp³-hybridized carbons (Fsp3) is 0.182. The van der Waals surface area contributed by atoms with Crippen molar-refractivity contribution >= 4 is 38.3 Å². The molecule has 1 aliphatic rings. The molecular weight excluding hydrogens is 599 g/mol. The monoisotopic (exact) mass is 645 g/mol. The number of hydrogen-bond donors (Lipinski definition) is 4. The van der Waals surface area contributed by atoms with Gasteiger partial charge in [-0.2, -0.15) is 0 Å². The van der Waals surface area contributed by atoms with Crippen LogP contribution in [-0.4, -0.2) is 22.7 Å². The summed E-state index contributed by atoms with van der Waals surface area (Å²) in [6.45, 7) is 10.1. The Bertz CT molecular complexity index is 2180. The van der Waals surface area contributed by atoms with E-state index in [1.807, 2.05) is 32.1 Å². The molecule has 49 heavy (non-hydrogen) atoms. The average molecular weight is 646 g/mol. The molecule has 0 saturated heterocycles. The van der Waals surface area contributed by atoms with Gasteiger partial charge in [-0.15, -0.1) is 0 Å². The van der Waals surface area contributed by atoms with Gasteiger partial charge in [-0.05, 0) is 97.7 Å². The molecule has 0 saturated carbocycles. The Morgan fingerprint density at radius 1 is 0.918 bits per heavy atom. The Labute approximate surface area is 290 Å². The highest BCUT2D eigenvalue weighted by molar-refractivity contribution is 6.18. The van der Waals surface area contributed by atoms with Crippen LogP contribution in [-0.2, 0) is 6.42 Å². The predicted octanol–water partition coefficient (Wildman–Crippen LogP) is 8.89. The molecule has 0 spiro atoms. The van der Waals surface area contributed by atoms with Crippen LogP contribution in [0, 0.1) is 0 Å². The van der Waals surface area contributed by atoms with Crippen LogP contribution >= 0.6 is 0 Å². The number of benzene rings is 4. The van der Waals surface area contributed by atoms with Gasteiger partial charge >= 0.3 is 0 Å². The van der Waals surface area contributed by atoms with Gasteiger partial charge in [0.2, 0.25) is 0 Å². The molecule has 3 unspecified atom stereocenters. The lowest BCUT2D eigenvalue weighted by atomic mass is 9.98. The van der Waals surface area contributed by atoms with Crippen LogP contribution in [0.15, 0.2) is 157 Å². The maximum Gasteiger partial charge on any atom is 0.0661 e. The molecule has 0 bridgehead atoms. The van der Waals surface area contributed by atoms with Crippen molar-refractivity contribution in [3.05, 3.63) is 168 Å². The third-order valence-electron chi connectivity index (χ3n) is 9.11. The van der Waals surface area contributed by atoms with E-state index in [1.54, 1.807) is 0 Å². The largest absolute Gasteiger partial charge is 0.402 e. The number of hydrogen-bond acceptors (Lipinski definition) is 4. The van der Waals surface area contributed by atoms with Crippen LogP contribution in [0.4, 0.5) is 0 Å². The van der Waals surface area contributed by atoms with Crippen molar-refractivity contribution < 1.29 is 0 Å². The van der Waals surface area contributed by atoms with E-state index in [4.69, 9.17) is 17.2 Å². The second-order valence-electron chi connectivity index (χ2n) is 13.1. The van der Waals surface area contributed by atoms with E-state index < -0.39 is 0 Å². The summed E-state index contributed by atoms with van der Waals surface area (Å²) in [7, 11) is 0. The molecule has 248 valence electrons. The smallest absolute Gasteiger partial charge is 0.0661 e. The first-order valence-electron chi connectivity index (χ1n) is 17.0. The minimum atomic E-state index is -0.129. The van der Waals surface area contributed by atoms with Gasteiger partial charge in [0.1, 0.15) is 0 Å². The number of fused-ring (bicyclic) bond motifs is 5. The van der Waals surface area contributed by atoms with E-state index in [0.29, 0.717) is 0 Å². The topological polar surface area (TPSA) is 95.0 Å². The normalized spacial score (nSPS) is 16.9. The zero-order chi connectivity index (χ0) is 34.5. The predicted molar refractivity (Wildman–Crippen MR) is 211 cm³/mol. The van der Waals surface area contributed by atoms with Gasteiger partial charge in [0.05, 0.1) is 17.1 Å². The zero-order valence-electron chi connectivity index (χ0n) is 28.7. The molecule has 0 aliphatic carbocycles. The number of nitrogens with zero attached hydrogens (tertiary/aromatic N) is 1. The maximum absolute atomic E-state index is 6.36. The number of nitrogens with two attached hydrogens (primary N) is 3. The van der Waals surface area contributed by atoms with Crippen molar-refractivity contribution in [1.29, 1.82) is 0 Å². The number of nitrogens with one attached hydrogen (secondary N) is 1. The minimum Gasteiger partial charge on any atom is -0.402 e. The molecule has 1 aromatic heterocycles. The zero-order valence-corrected chi connectivity index (χ0v) is 28.7. The standard InChI is InChI=1S/C44H47N5/c1-29(17-19-31(3)45)40(47)14-9-8-11-33-21-24-38-39-26-22-34-28-35(42-16-10-15-41(48-42)30(2)18-20-32(4)46)23-25-37(34)44(39)49(43(38)27-33)36-12-6-5-7-13-36/h5-10,12-13,15-28,31,40-41,48H,1,11,14,45-47H2,2-4H3/b9-8-,19-17-,30-18+,32-20-. The first kappa shape index (κ1) is 33.5. The van der Waals surface area contributed by atoms with Crippen molar-refractivity contribution in [3.8, 4) is 5.69 Å². The third-order valence-corrected chi connectivity index (χ3v) is 9.11.